The van der Waals surface area contributed by atoms with Gasteiger partial charge in [0.2, 0.25) is 5.91 Å². The Morgan fingerprint density at radius 2 is 2.05 bits per heavy atom. The number of nitrogens with zero attached hydrogens (tertiary/aromatic N) is 2. The number of likely N-dealkylation sites (N-methyl/N-ethyl adjacent to an activating group) is 1. The lowest BCUT2D eigenvalue weighted by molar-refractivity contribution is -0.134. The maximum atomic E-state index is 12.5. The molecule has 22 heavy (non-hydrogen) atoms. The van der Waals surface area contributed by atoms with Crippen LogP contribution in [-0.2, 0) is 4.79 Å². The van der Waals surface area contributed by atoms with E-state index in [1.165, 1.54) is 11.3 Å². The van der Waals surface area contributed by atoms with E-state index in [0.29, 0.717) is 35.1 Å². The van der Waals surface area contributed by atoms with E-state index in [1.807, 2.05) is 11.9 Å². The van der Waals surface area contributed by atoms with Crippen molar-refractivity contribution in [3.8, 4) is 0 Å². The van der Waals surface area contributed by atoms with Crippen LogP contribution in [0.15, 0.2) is 12.1 Å². The third kappa shape index (κ3) is 2.75. The molecule has 0 aliphatic carbocycles. The molecule has 120 valence electrons. The van der Waals surface area contributed by atoms with Gasteiger partial charge >= 0.3 is 0 Å². The van der Waals surface area contributed by atoms with Gasteiger partial charge in [0, 0.05) is 26.2 Å². The molecule has 3 heterocycles. The van der Waals surface area contributed by atoms with Crippen molar-refractivity contribution in [3.05, 3.63) is 21.3 Å². The van der Waals surface area contributed by atoms with E-state index in [9.17, 15) is 9.59 Å². The molecule has 2 aliphatic heterocycles. The Labute approximate surface area is 139 Å². The lowest BCUT2D eigenvalue weighted by Gasteiger charge is -2.44. The Bertz CT molecular complexity index is 581. The summed E-state index contributed by atoms with van der Waals surface area (Å²) in [7, 11) is 2.02. The molecule has 1 spiro atoms. The molecule has 2 aliphatic rings. The average molecular weight is 342 g/mol. The summed E-state index contributed by atoms with van der Waals surface area (Å²) in [5.41, 5.74) is -0.458. The highest BCUT2D eigenvalue weighted by atomic mass is 35.5. The van der Waals surface area contributed by atoms with Crippen molar-refractivity contribution in [3.63, 3.8) is 0 Å². The molecule has 2 saturated heterocycles. The van der Waals surface area contributed by atoms with Gasteiger partial charge in [-0.1, -0.05) is 11.6 Å². The van der Waals surface area contributed by atoms with Gasteiger partial charge in [0.15, 0.2) is 0 Å². The van der Waals surface area contributed by atoms with E-state index in [-0.39, 0.29) is 11.8 Å². The number of hydrogen-bond acceptors (Lipinski definition) is 4. The number of carbonyl (C=O) groups excluding carboxylic acids is 2. The molecule has 2 amide bonds. The van der Waals surface area contributed by atoms with Crippen molar-refractivity contribution in [1.29, 1.82) is 0 Å². The molecule has 0 atom stereocenters. The second-order valence-electron chi connectivity index (χ2n) is 5.96. The summed E-state index contributed by atoms with van der Waals surface area (Å²) >= 11 is 7.21. The van der Waals surface area contributed by atoms with Crippen LogP contribution in [0.2, 0.25) is 4.34 Å². The van der Waals surface area contributed by atoms with Crippen LogP contribution in [0.25, 0.3) is 0 Å². The highest BCUT2D eigenvalue weighted by molar-refractivity contribution is 7.17. The quantitative estimate of drug-likeness (QED) is 0.848. The lowest BCUT2D eigenvalue weighted by Crippen LogP contribution is -2.61. The number of carbonyl (C=O) groups is 2. The number of rotatable bonds is 1. The topological polar surface area (TPSA) is 52.7 Å². The number of halogens is 1. The Kier molecular flexibility index (Phi) is 4.43. The van der Waals surface area contributed by atoms with Gasteiger partial charge < -0.3 is 10.2 Å². The van der Waals surface area contributed by atoms with Gasteiger partial charge in [-0.15, -0.1) is 11.3 Å². The zero-order valence-electron chi connectivity index (χ0n) is 12.6. The predicted octanol–water partition coefficient (Wildman–Crippen LogP) is 1.83. The van der Waals surface area contributed by atoms with E-state index in [0.717, 1.165) is 19.5 Å². The fraction of sp³-hybridized carbons (Fsp3) is 0.600. The molecule has 2 fully saturated rings. The van der Waals surface area contributed by atoms with Crippen LogP contribution < -0.4 is 5.32 Å². The maximum absolute atomic E-state index is 12.5. The maximum Gasteiger partial charge on any atom is 0.263 e. The molecule has 0 bridgehead atoms. The zero-order chi connectivity index (χ0) is 15.7. The summed E-state index contributed by atoms with van der Waals surface area (Å²) in [4.78, 5) is 29.6. The first kappa shape index (κ1) is 15.8. The van der Waals surface area contributed by atoms with Crippen molar-refractivity contribution < 1.29 is 9.59 Å². The molecule has 3 rings (SSSR count). The van der Waals surface area contributed by atoms with Crippen LogP contribution in [0.3, 0.4) is 0 Å². The Morgan fingerprint density at radius 3 is 2.68 bits per heavy atom. The summed E-state index contributed by atoms with van der Waals surface area (Å²) in [5.74, 6) is 0.127. The van der Waals surface area contributed by atoms with E-state index in [1.54, 1.807) is 12.1 Å². The SMILES string of the molecule is CN1CCCNC(=O)C12CCN(C(=O)c1ccc(Cl)s1)CC2. The minimum atomic E-state index is -0.458. The first-order valence-corrected chi connectivity index (χ1v) is 8.76. The number of likely N-dealkylation sites (tertiary alicyclic amines) is 1. The summed E-state index contributed by atoms with van der Waals surface area (Å²) < 4.78 is 0.625. The second kappa shape index (κ2) is 6.18. The van der Waals surface area contributed by atoms with Crippen LogP contribution in [0, 0.1) is 0 Å². The third-order valence-corrected chi connectivity index (χ3v) is 5.99. The standard InChI is InChI=1S/C15H20ClN3O2S/c1-18-8-2-7-17-14(21)15(18)5-9-19(10-6-15)13(20)11-3-4-12(16)22-11/h3-4H,2,5-10H2,1H3,(H,17,21). The van der Waals surface area contributed by atoms with E-state index in [4.69, 9.17) is 11.6 Å². The van der Waals surface area contributed by atoms with Gasteiger partial charge in [0.1, 0.15) is 5.54 Å². The van der Waals surface area contributed by atoms with Gasteiger partial charge in [-0.05, 0) is 38.4 Å². The minimum Gasteiger partial charge on any atom is -0.354 e. The second-order valence-corrected chi connectivity index (χ2v) is 7.67. The van der Waals surface area contributed by atoms with Crippen molar-refractivity contribution in [2.75, 3.05) is 33.2 Å². The summed E-state index contributed by atoms with van der Waals surface area (Å²) in [6.07, 6.45) is 2.33. The zero-order valence-corrected chi connectivity index (χ0v) is 14.2. The smallest absolute Gasteiger partial charge is 0.263 e. The first-order chi connectivity index (χ1) is 10.5. The molecule has 1 N–H and O–H groups in total. The number of piperidine rings is 1. The number of hydrogen-bond donors (Lipinski definition) is 1. The largest absolute Gasteiger partial charge is 0.354 e. The van der Waals surface area contributed by atoms with Crippen LogP contribution in [0.1, 0.15) is 28.9 Å². The molecule has 1 aromatic rings. The van der Waals surface area contributed by atoms with Gasteiger partial charge in [-0.2, -0.15) is 0 Å². The third-order valence-electron chi connectivity index (χ3n) is 4.77. The molecular weight excluding hydrogens is 322 g/mol. The average Bonchev–Trinajstić information content (AvgIpc) is 2.91. The molecule has 7 heteroatoms. The van der Waals surface area contributed by atoms with E-state index < -0.39 is 5.54 Å². The highest BCUT2D eigenvalue weighted by Gasteiger charge is 2.46. The van der Waals surface area contributed by atoms with Crippen molar-refractivity contribution in [1.82, 2.24) is 15.1 Å². The minimum absolute atomic E-state index is 0.0171. The lowest BCUT2D eigenvalue weighted by atomic mass is 9.85. The summed E-state index contributed by atoms with van der Waals surface area (Å²) in [5, 5.41) is 3.02. The van der Waals surface area contributed by atoms with Gasteiger partial charge in [-0.3, -0.25) is 14.5 Å². The van der Waals surface area contributed by atoms with Crippen LogP contribution >= 0.6 is 22.9 Å². The first-order valence-electron chi connectivity index (χ1n) is 7.57. The Balaban J connectivity index is 1.71. The van der Waals surface area contributed by atoms with E-state index >= 15 is 0 Å². The molecule has 0 unspecified atom stereocenters. The number of nitrogens with one attached hydrogen (secondary N) is 1. The van der Waals surface area contributed by atoms with Crippen LogP contribution in [-0.4, -0.2) is 60.4 Å². The van der Waals surface area contributed by atoms with Gasteiger partial charge in [-0.25, -0.2) is 0 Å². The molecule has 0 saturated carbocycles. The van der Waals surface area contributed by atoms with Crippen LogP contribution in [0.4, 0.5) is 0 Å². The van der Waals surface area contributed by atoms with Crippen molar-refractivity contribution in [2.45, 2.75) is 24.8 Å². The Hall–Kier alpha value is -1.11. The molecule has 5 nitrogen and oxygen atoms in total. The van der Waals surface area contributed by atoms with Crippen molar-refractivity contribution in [2.24, 2.45) is 0 Å². The fourth-order valence-corrected chi connectivity index (χ4v) is 4.35. The number of thiophene rings is 1. The number of amides is 2. The summed E-state index contributed by atoms with van der Waals surface area (Å²) in [6, 6.07) is 3.52. The monoisotopic (exact) mass is 341 g/mol. The van der Waals surface area contributed by atoms with Gasteiger partial charge in [0.05, 0.1) is 9.21 Å². The molecule has 1 aromatic heterocycles. The van der Waals surface area contributed by atoms with Crippen LogP contribution in [0.5, 0.6) is 0 Å². The molecular formula is C15H20ClN3O2S. The van der Waals surface area contributed by atoms with E-state index in [2.05, 4.69) is 10.2 Å². The summed E-state index contributed by atoms with van der Waals surface area (Å²) in [6.45, 7) is 2.85. The highest BCUT2D eigenvalue weighted by Crippen LogP contribution is 2.31. The Morgan fingerprint density at radius 1 is 1.32 bits per heavy atom. The normalized spacial score (nSPS) is 22.5. The fourth-order valence-electron chi connectivity index (χ4n) is 3.34. The van der Waals surface area contributed by atoms with Gasteiger partial charge in [0.25, 0.3) is 5.91 Å². The molecule has 0 radical (unpaired) electrons. The molecule has 0 aromatic carbocycles. The predicted molar refractivity (Wildman–Crippen MR) is 87.5 cm³/mol. The van der Waals surface area contributed by atoms with Crippen molar-refractivity contribution >= 4 is 34.8 Å².